The van der Waals surface area contributed by atoms with Crippen LogP contribution in [0.4, 0.5) is 4.39 Å². The predicted octanol–water partition coefficient (Wildman–Crippen LogP) is 5.02. The van der Waals surface area contributed by atoms with Crippen molar-refractivity contribution in [3.8, 4) is 5.75 Å². The summed E-state index contributed by atoms with van der Waals surface area (Å²) >= 11 is 3.18. The highest BCUT2D eigenvalue weighted by atomic mass is 32.2. The summed E-state index contributed by atoms with van der Waals surface area (Å²) in [4.78, 5) is 1.28. The highest BCUT2D eigenvalue weighted by Gasteiger charge is 2.25. The van der Waals surface area contributed by atoms with Crippen molar-refractivity contribution >= 4 is 23.1 Å². The summed E-state index contributed by atoms with van der Waals surface area (Å²) in [6.07, 6.45) is 0.351. The van der Waals surface area contributed by atoms with Gasteiger partial charge in [0.15, 0.2) is 0 Å². The van der Waals surface area contributed by atoms with Crippen LogP contribution in [0.25, 0.3) is 0 Å². The summed E-state index contributed by atoms with van der Waals surface area (Å²) in [5.41, 5.74) is 2.39. The number of ether oxygens (including phenoxy) is 2. The Morgan fingerprint density at radius 3 is 2.90 bits per heavy atom. The van der Waals surface area contributed by atoms with E-state index < -0.39 is 6.29 Å². The molecule has 0 fully saturated rings. The second-order valence-electron chi connectivity index (χ2n) is 7.03. The molecule has 4 aromatic rings. The molecule has 6 nitrogen and oxygen atoms in total. The van der Waals surface area contributed by atoms with E-state index in [1.165, 1.54) is 28.8 Å². The van der Waals surface area contributed by atoms with Crippen molar-refractivity contribution in [2.75, 3.05) is 0 Å². The first kappa shape index (κ1) is 20.2. The average molecular weight is 455 g/mol. The molecule has 0 aliphatic carbocycles. The van der Waals surface area contributed by atoms with Gasteiger partial charge in [-0.25, -0.2) is 9.07 Å². The van der Waals surface area contributed by atoms with Crippen LogP contribution in [0.15, 0.2) is 65.1 Å². The molecule has 9 heteroatoms. The van der Waals surface area contributed by atoms with Crippen molar-refractivity contribution < 1.29 is 13.9 Å². The maximum atomic E-state index is 14.2. The third-order valence-corrected chi connectivity index (χ3v) is 6.84. The molecule has 2 aromatic heterocycles. The quantitative estimate of drug-likeness (QED) is 0.366. The number of thiophene rings is 1. The molecule has 1 aliphatic heterocycles. The second kappa shape index (κ2) is 9.17. The smallest absolute Gasteiger partial charge is 0.227 e. The van der Waals surface area contributed by atoms with Crippen LogP contribution in [-0.4, -0.2) is 20.2 Å². The molecular weight excluding hydrogens is 435 g/mol. The largest absolute Gasteiger partial charge is 0.460 e. The fourth-order valence-corrected chi connectivity index (χ4v) is 4.98. The Kier molecular flexibility index (Phi) is 5.97. The van der Waals surface area contributed by atoms with Crippen molar-refractivity contribution in [3.05, 3.63) is 87.4 Å². The number of benzene rings is 2. The van der Waals surface area contributed by atoms with Crippen LogP contribution in [0.3, 0.4) is 0 Å². The molecule has 0 bridgehead atoms. The number of thioether (sulfide) groups is 1. The first-order valence-electron chi connectivity index (χ1n) is 9.82. The molecule has 0 N–H and O–H groups in total. The molecule has 158 valence electrons. The number of rotatable bonds is 7. The van der Waals surface area contributed by atoms with Gasteiger partial charge in [0, 0.05) is 33.7 Å². The van der Waals surface area contributed by atoms with Crippen LogP contribution in [0.5, 0.6) is 5.75 Å². The zero-order valence-electron chi connectivity index (χ0n) is 16.5. The summed E-state index contributed by atoms with van der Waals surface area (Å²) in [6, 6.07) is 16.8. The molecule has 0 amide bonds. The number of fused-ring (bicyclic) bond motifs is 1. The first-order chi connectivity index (χ1) is 15.3. The Hall–Kier alpha value is -2.75. The van der Waals surface area contributed by atoms with Gasteiger partial charge in [0.05, 0.1) is 13.2 Å². The Labute approximate surface area is 187 Å². The molecule has 1 atom stereocenters. The lowest BCUT2D eigenvalue weighted by Gasteiger charge is -2.28. The zero-order chi connectivity index (χ0) is 21.0. The van der Waals surface area contributed by atoms with Gasteiger partial charge in [-0.05, 0) is 34.0 Å². The van der Waals surface area contributed by atoms with Gasteiger partial charge in [-0.2, -0.15) is 0 Å². The number of hydrogen-bond donors (Lipinski definition) is 0. The third-order valence-electron chi connectivity index (χ3n) is 4.90. The lowest BCUT2D eigenvalue weighted by atomic mass is 10.1. The molecule has 1 unspecified atom stereocenters. The Morgan fingerprint density at radius 1 is 1.16 bits per heavy atom. The van der Waals surface area contributed by atoms with Gasteiger partial charge in [-0.3, -0.25) is 0 Å². The van der Waals surface area contributed by atoms with Gasteiger partial charge < -0.3 is 9.47 Å². The summed E-state index contributed by atoms with van der Waals surface area (Å²) in [6.45, 7) is 0.987. The minimum absolute atomic E-state index is 0.295. The molecule has 0 radical (unpaired) electrons. The zero-order valence-corrected chi connectivity index (χ0v) is 18.1. The minimum Gasteiger partial charge on any atom is -0.460 e. The number of aromatic nitrogens is 4. The average Bonchev–Trinajstić information content (AvgIpc) is 3.48. The van der Waals surface area contributed by atoms with E-state index in [1.807, 2.05) is 36.4 Å². The van der Waals surface area contributed by atoms with E-state index in [-0.39, 0.29) is 5.82 Å². The van der Waals surface area contributed by atoms with Crippen molar-refractivity contribution in [3.63, 3.8) is 0 Å². The number of hydrogen-bond acceptors (Lipinski definition) is 7. The van der Waals surface area contributed by atoms with E-state index in [4.69, 9.17) is 9.47 Å². The molecule has 0 saturated heterocycles. The normalized spacial score (nSPS) is 15.5. The number of nitrogens with zero attached hydrogens (tertiary/aromatic N) is 4. The van der Waals surface area contributed by atoms with Gasteiger partial charge in [0.1, 0.15) is 11.6 Å². The third kappa shape index (κ3) is 4.63. The van der Waals surface area contributed by atoms with Gasteiger partial charge >= 0.3 is 0 Å². The Bertz CT molecular complexity index is 1150. The minimum atomic E-state index is -0.515. The molecule has 3 heterocycles. The van der Waals surface area contributed by atoms with E-state index in [9.17, 15) is 4.39 Å². The summed E-state index contributed by atoms with van der Waals surface area (Å²) in [5, 5.41) is 14.8. The molecule has 0 saturated carbocycles. The van der Waals surface area contributed by atoms with E-state index in [0.29, 0.717) is 35.4 Å². The lowest BCUT2D eigenvalue weighted by molar-refractivity contribution is -0.112. The number of tetrazole rings is 1. The topological polar surface area (TPSA) is 62.1 Å². The maximum absolute atomic E-state index is 14.2. The summed E-state index contributed by atoms with van der Waals surface area (Å²) in [5.74, 6) is 0.852. The monoisotopic (exact) mass is 454 g/mol. The van der Waals surface area contributed by atoms with Crippen LogP contribution in [-0.2, 0) is 30.1 Å². The molecule has 5 rings (SSSR count). The fourth-order valence-electron chi connectivity index (χ4n) is 3.41. The Balaban J connectivity index is 1.32. The van der Waals surface area contributed by atoms with Gasteiger partial charge in [-0.15, -0.1) is 16.4 Å². The summed E-state index contributed by atoms with van der Waals surface area (Å²) in [7, 11) is 0. The molecule has 2 aromatic carbocycles. The predicted molar refractivity (Wildman–Crippen MR) is 116 cm³/mol. The fraction of sp³-hybridized carbons (Fsp3) is 0.227. The lowest BCUT2D eigenvalue weighted by Crippen LogP contribution is -2.19. The SMILES string of the molecule is Fc1cc2c(c(CSc3nnnn3CCc3cccs3)c1)OC(c1ccccc1)OC2. The van der Waals surface area contributed by atoms with Gasteiger partial charge in [0.25, 0.3) is 0 Å². The first-order valence-corrected chi connectivity index (χ1v) is 11.7. The Morgan fingerprint density at radius 2 is 2.06 bits per heavy atom. The summed E-state index contributed by atoms with van der Waals surface area (Å²) < 4.78 is 28.0. The molecular formula is C22H19FN4O2S2. The number of halogens is 1. The van der Waals surface area contributed by atoms with E-state index in [1.54, 1.807) is 16.0 Å². The standard InChI is InChI=1S/C22H19FN4O2S2/c23-18-11-16-13-28-21(15-5-2-1-3-6-15)29-20(16)17(12-18)14-31-22-24-25-26-27(22)9-8-19-7-4-10-30-19/h1-7,10-12,21H,8-9,13-14H2. The van der Waals surface area contributed by atoms with Crippen LogP contribution in [0.2, 0.25) is 0 Å². The van der Waals surface area contributed by atoms with E-state index in [2.05, 4.69) is 27.0 Å². The molecule has 31 heavy (non-hydrogen) atoms. The van der Waals surface area contributed by atoms with Crippen molar-refractivity contribution in [1.29, 1.82) is 0 Å². The van der Waals surface area contributed by atoms with Gasteiger partial charge in [-0.1, -0.05) is 48.2 Å². The van der Waals surface area contributed by atoms with Crippen molar-refractivity contribution in [2.24, 2.45) is 0 Å². The van der Waals surface area contributed by atoms with Gasteiger partial charge in [0.2, 0.25) is 11.4 Å². The maximum Gasteiger partial charge on any atom is 0.227 e. The highest BCUT2D eigenvalue weighted by Crippen LogP contribution is 2.38. The van der Waals surface area contributed by atoms with Crippen molar-refractivity contribution in [1.82, 2.24) is 20.2 Å². The second-order valence-corrected chi connectivity index (χ2v) is 9.00. The van der Waals surface area contributed by atoms with Crippen LogP contribution < -0.4 is 4.74 Å². The van der Waals surface area contributed by atoms with Crippen LogP contribution in [0, 0.1) is 5.82 Å². The number of aryl methyl sites for hydroxylation is 2. The molecule has 1 aliphatic rings. The van der Waals surface area contributed by atoms with E-state index in [0.717, 1.165) is 17.5 Å². The van der Waals surface area contributed by atoms with Crippen molar-refractivity contribution in [2.45, 2.75) is 36.8 Å². The highest BCUT2D eigenvalue weighted by molar-refractivity contribution is 7.98. The van der Waals surface area contributed by atoms with E-state index >= 15 is 0 Å². The van der Waals surface area contributed by atoms with Crippen LogP contribution in [0.1, 0.15) is 27.9 Å². The van der Waals surface area contributed by atoms with Crippen LogP contribution >= 0.6 is 23.1 Å². The molecule has 0 spiro atoms.